The lowest BCUT2D eigenvalue weighted by molar-refractivity contribution is -0.145. The Hall–Kier alpha value is -3.38. The van der Waals surface area contributed by atoms with Gasteiger partial charge in [-0.2, -0.15) is 0 Å². The number of nitrogens with zero attached hydrogens (tertiary/aromatic N) is 1. The highest BCUT2D eigenvalue weighted by molar-refractivity contribution is 9.10. The molecule has 3 amide bonds. The fraction of sp³-hybridized carbons (Fsp3) is 0.250. The highest BCUT2D eigenvalue weighted by Gasteiger charge is 2.36. The number of esters is 1. The van der Waals surface area contributed by atoms with E-state index in [0.717, 1.165) is 11.0 Å². The molecule has 0 aromatic heterocycles. The van der Waals surface area contributed by atoms with E-state index in [1.54, 1.807) is 26.0 Å². The Morgan fingerprint density at radius 3 is 2.61 bits per heavy atom. The average molecular weight is 581 g/mol. The van der Waals surface area contributed by atoms with Crippen molar-refractivity contribution in [2.45, 2.75) is 13.8 Å². The van der Waals surface area contributed by atoms with Gasteiger partial charge in [0.2, 0.25) is 5.91 Å². The van der Waals surface area contributed by atoms with Gasteiger partial charge in [-0.3, -0.25) is 19.3 Å². The first-order valence-electron chi connectivity index (χ1n) is 10.8. The van der Waals surface area contributed by atoms with E-state index < -0.39 is 35.4 Å². The molecule has 0 bridgehead atoms. The Balaban J connectivity index is 1.75. The summed E-state index contributed by atoms with van der Waals surface area (Å²) in [7, 11) is 0. The number of ether oxygens (including phenoxy) is 3. The van der Waals surface area contributed by atoms with Gasteiger partial charge in [-0.1, -0.05) is 6.07 Å². The molecule has 0 atom stereocenters. The van der Waals surface area contributed by atoms with E-state index in [9.17, 15) is 23.6 Å². The van der Waals surface area contributed by atoms with E-state index in [4.69, 9.17) is 14.2 Å². The largest absolute Gasteiger partial charge is 0.490 e. The number of benzene rings is 2. The van der Waals surface area contributed by atoms with Crippen molar-refractivity contribution in [2.24, 2.45) is 0 Å². The molecule has 1 aliphatic rings. The van der Waals surface area contributed by atoms with Crippen molar-refractivity contribution in [2.75, 3.05) is 31.7 Å². The number of carbonyl (C=O) groups is 4. The van der Waals surface area contributed by atoms with Crippen LogP contribution in [-0.4, -0.2) is 54.3 Å². The maximum Gasteiger partial charge on any atom is 0.344 e. The van der Waals surface area contributed by atoms with Crippen LogP contribution in [0.15, 0.2) is 45.8 Å². The number of rotatable bonds is 10. The van der Waals surface area contributed by atoms with E-state index in [-0.39, 0.29) is 29.6 Å². The Labute approximate surface area is 219 Å². The van der Waals surface area contributed by atoms with Gasteiger partial charge in [0, 0.05) is 5.69 Å². The molecule has 2 aromatic carbocycles. The van der Waals surface area contributed by atoms with E-state index in [2.05, 4.69) is 21.2 Å². The van der Waals surface area contributed by atoms with Crippen molar-refractivity contribution >= 4 is 62.5 Å². The van der Waals surface area contributed by atoms with Crippen LogP contribution in [0.5, 0.6) is 11.5 Å². The van der Waals surface area contributed by atoms with Crippen molar-refractivity contribution in [1.82, 2.24) is 4.90 Å². The summed E-state index contributed by atoms with van der Waals surface area (Å²) >= 11 is 4.07. The number of thioether (sulfide) groups is 1. The molecule has 190 valence electrons. The zero-order chi connectivity index (χ0) is 26.2. The fourth-order valence-electron chi connectivity index (χ4n) is 3.11. The van der Waals surface area contributed by atoms with Gasteiger partial charge >= 0.3 is 5.97 Å². The number of nitrogens with one attached hydrogen (secondary N) is 1. The van der Waals surface area contributed by atoms with Crippen molar-refractivity contribution in [3.05, 3.63) is 57.2 Å². The van der Waals surface area contributed by atoms with Crippen molar-refractivity contribution in [1.29, 1.82) is 0 Å². The molecule has 3 rings (SSSR count). The molecule has 0 aliphatic carbocycles. The Kier molecular flexibility index (Phi) is 9.48. The summed E-state index contributed by atoms with van der Waals surface area (Å²) in [5, 5.41) is 1.84. The Morgan fingerprint density at radius 1 is 1.14 bits per heavy atom. The van der Waals surface area contributed by atoms with Crippen LogP contribution in [0.3, 0.4) is 0 Å². The maximum absolute atomic E-state index is 13.3. The van der Waals surface area contributed by atoms with E-state index in [0.29, 0.717) is 34.2 Å². The van der Waals surface area contributed by atoms with Crippen molar-refractivity contribution in [3.63, 3.8) is 0 Å². The smallest absolute Gasteiger partial charge is 0.344 e. The molecule has 12 heteroatoms. The number of carbonyl (C=O) groups excluding carboxylic acids is 4. The van der Waals surface area contributed by atoms with Crippen molar-refractivity contribution in [3.8, 4) is 11.5 Å². The van der Waals surface area contributed by atoms with Gasteiger partial charge in [-0.15, -0.1) is 0 Å². The summed E-state index contributed by atoms with van der Waals surface area (Å²) in [5.74, 6) is -1.76. The lowest BCUT2D eigenvalue weighted by Gasteiger charge is -2.14. The Bertz CT molecular complexity index is 1220. The van der Waals surface area contributed by atoms with Gasteiger partial charge in [0.25, 0.3) is 11.1 Å². The van der Waals surface area contributed by atoms with Crippen LogP contribution in [0.25, 0.3) is 6.08 Å². The lowest BCUT2D eigenvalue weighted by atomic mass is 10.2. The molecular formula is C24H22BrFN2O7S. The second-order valence-corrected chi connectivity index (χ2v) is 9.03. The molecule has 1 heterocycles. The molecule has 0 unspecified atom stereocenters. The summed E-state index contributed by atoms with van der Waals surface area (Å²) in [4.78, 5) is 50.1. The first kappa shape index (κ1) is 27.2. The van der Waals surface area contributed by atoms with Gasteiger partial charge < -0.3 is 19.5 Å². The summed E-state index contributed by atoms with van der Waals surface area (Å²) in [5.41, 5.74) is 0.726. The molecule has 0 radical (unpaired) electrons. The Morgan fingerprint density at radius 2 is 1.92 bits per heavy atom. The molecule has 1 aliphatic heterocycles. The van der Waals surface area contributed by atoms with Crippen molar-refractivity contribution < 1.29 is 37.8 Å². The lowest BCUT2D eigenvalue weighted by Crippen LogP contribution is -2.36. The van der Waals surface area contributed by atoms with Gasteiger partial charge in [0.1, 0.15) is 12.4 Å². The summed E-state index contributed by atoms with van der Waals surface area (Å²) in [6.45, 7) is 3.16. The SMILES string of the molecule is CCOC(=O)COc1c(Br)cc(/C=C2/SC(=O)N(CC(=O)Nc3cccc(F)c3)C2=O)cc1OCC. The summed E-state index contributed by atoms with van der Waals surface area (Å²) < 4.78 is 29.8. The molecule has 1 fully saturated rings. The van der Waals surface area contributed by atoms with Crippen LogP contribution < -0.4 is 14.8 Å². The third-order valence-corrected chi connectivity index (χ3v) is 6.05. The van der Waals surface area contributed by atoms with Gasteiger partial charge in [-0.05, 0) is 83.5 Å². The predicted octanol–water partition coefficient (Wildman–Crippen LogP) is 4.60. The molecule has 1 saturated heterocycles. The molecule has 0 saturated carbocycles. The van der Waals surface area contributed by atoms with E-state index >= 15 is 0 Å². The minimum Gasteiger partial charge on any atom is -0.490 e. The van der Waals surface area contributed by atoms with E-state index in [1.807, 2.05) is 0 Å². The van der Waals surface area contributed by atoms with Crippen LogP contribution in [0.4, 0.5) is 14.9 Å². The highest BCUT2D eigenvalue weighted by atomic mass is 79.9. The number of amides is 3. The fourth-order valence-corrected chi connectivity index (χ4v) is 4.52. The third-order valence-electron chi connectivity index (χ3n) is 4.55. The van der Waals surface area contributed by atoms with Gasteiger partial charge in [-0.25, -0.2) is 9.18 Å². The zero-order valence-electron chi connectivity index (χ0n) is 19.3. The van der Waals surface area contributed by atoms with E-state index in [1.165, 1.54) is 24.3 Å². The number of imide groups is 1. The minimum atomic E-state index is -0.645. The first-order chi connectivity index (χ1) is 17.2. The molecule has 9 nitrogen and oxygen atoms in total. The number of hydrogen-bond acceptors (Lipinski definition) is 8. The minimum absolute atomic E-state index is 0.105. The van der Waals surface area contributed by atoms with Crippen LogP contribution in [0, 0.1) is 5.82 Å². The quantitative estimate of drug-likeness (QED) is 0.320. The number of hydrogen-bond donors (Lipinski definition) is 1. The molecule has 1 N–H and O–H groups in total. The number of anilines is 1. The second-order valence-electron chi connectivity index (χ2n) is 7.18. The molecule has 0 spiro atoms. The monoisotopic (exact) mass is 580 g/mol. The topological polar surface area (TPSA) is 111 Å². The maximum atomic E-state index is 13.3. The van der Waals surface area contributed by atoms with Crippen LogP contribution in [0.2, 0.25) is 0 Å². The molecule has 36 heavy (non-hydrogen) atoms. The highest BCUT2D eigenvalue weighted by Crippen LogP contribution is 2.39. The standard InChI is InChI=1S/C24H22BrFN2O7S/c1-3-33-18-9-14(8-17(25)22(18)35-13-21(30)34-4-2)10-19-23(31)28(24(32)36-19)12-20(29)27-16-7-5-6-15(26)11-16/h5-11H,3-4,12-13H2,1-2H3,(H,27,29)/b19-10+. The zero-order valence-corrected chi connectivity index (χ0v) is 21.7. The summed E-state index contributed by atoms with van der Waals surface area (Å²) in [6.07, 6.45) is 1.48. The third kappa shape index (κ3) is 7.08. The van der Waals surface area contributed by atoms with Crippen LogP contribution in [0.1, 0.15) is 19.4 Å². The van der Waals surface area contributed by atoms with Crippen LogP contribution >= 0.6 is 27.7 Å². The normalized spacial score (nSPS) is 14.2. The van der Waals surface area contributed by atoms with Crippen LogP contribution in [-0.2, 0) is 19.1 Å². The van der Waals surface area contributed by atoms with Gasteiger partial charge in [0.05, 0.1) is 22.6 Å². The molecular weight excluding hydrogens is 559 g/mol. The summed E-state index contributed by atoms with van der Waals surface area (Å²) in [6, 6.07) is 8.50. The second kappa shape index (κ2) is 12.5. The van der Waals surface area contributed by atoms with Gasteiger partial charge in [0.15, 0.2) is 18.1 Å². The molecule has 2 aromatic rings. The average Bonchev–Trinajstić information content (AvgIpc) is 3.06. The first-order valence-corrected chi connectivity index (χ1v) is 12.4. The number of halogens is 2. The predicted molar refractivity (Wildman–Crippen MR) is 135 cm³/mol.